The Morgan fingerprint density at radius 1 is 1.17 bits per heavy atom. The van der Waals surface area contributed by atoms with Crippen molar-refractivity contribution in [1.82, 2.24) is 9.55 Å². The molecule has 0 fully saturated rings. The Bertz CT molecular complexity index is 965. The van der Waals surface area contributed by atoms with Crippen molar-refractivity contribution in [2.75, 3.05) is 13.4 Å². The number of hydrogen-bond donors (Lipinski definition) is 0. The Labute approximate surface area is 138 Å². The van der Waals surface area contributed by atoms with Gasteiger partial charge in [-0.25, -0.2) is 0 Å². The van der Waals surface area contributed by atoms with Gasteiger partial charge in [-0.2, -0.15) is 4.98 Å². The molecule has 0 amide bonds. The average Bonchev–Trinajstić information content (AvgIpc) is 3.06. The van der Waals surface area contributed by atoms with E-state index in [0.29, 0.717) is 41.6 Å². The minimum absolute atomic E-state index is 0.123. The van der Waals surface area contributed by atoms with E-state index in [0.717, 1.165) is 5.56 Å². The van der Waals surface area contributed by atoms with E-state index in [-0.39, 0.29) is 12.4 Å². The maximum absolute atomic E-state index is 12.8. The van der Waals surface area contributed by atoms with Gasteiger partial charge in [-0.3, -0.25) is 9.36 Å². The van der Waals surface area contributed by atoms with Crippen LogP contribution in [0.15, 0.2) is 47.3 Å². The summed E-state index contributed by atoms with van der Waals surface area (Å²) in [6.07, 6.45) is 0. The maximum Gasteiger partial charge on any atom is 0.300 e. The normalized spacial score (nSPS) is 12.5. The van der Waals surface area contributed by atoms with Gasteiger partial charge >= 0.3 is 0 Å². The van der Waals surface area contributed by atoms with Gasteiger partial charge in [-0.15, -0.1) is 0 Å². The summed E-state index contributed by atoms with van der Waals surface area (Å²) >= 11 is 0. The molecule has 0 saturated heterocycles. The van der Waals surface area contributed by atoms with Crippen molar-refractivity contribution in [1.29, 1.82) is 0 Å². The second kappa shape index (κ2) is 5.88. The highest BCUT2D eigenvalue weighted by Crippen LogP contribution is 2.32. The Morgan fingerprint density at radius 3 is 2.88 bits per heavy atom. The summed E-state index contributed by atoms with van der Waals surface area (Å²) in [5, 5.41) is 0.571. The van der Waals surface area contributed by atoms with E-state index < -0.39 is 0 Å². The van der Waals surface area contributed by atoms with E-state index in [1.807, 2.05) is 43.3 Å². The van der Waals surface area contributed by atoms with Crippen LogP contribution < -0.4 is 19.8 Å². The van der Waals surface area contributed by atoms with Crippen molar-refractivity contribution in [3.05, 3.63) is 58.4 Å². The van der Waals surface area contributed by atoms with Crippen molar-refractivity contribution in [3.63, 3.8) is 0 Å². The number of ether oxygens (including phenoxy) is 3. The molecule has 0 atom stereocenters. The second-order valence-corrected chi connectivity index (χ2v) is 5.42. The van der Waals surface area contributed by atoms with Gasteiger partial charge in [0.05, 0.1) is 24.1 Å². The molecule has 24 heavy (non-hydrogen) atoms. The fourth-order valence-corrected chi connectivity index (χ4v) is 2.75. The lowest BCUT2D eigenvalue weighted by Crippen LogP contribution is -2.24. The summed E-state index contributed by atoms with van der Waals surface area (Å²) in [5.41, 5.74) is 1.42. The van der Waals surface area contributed by atoms with Crippen LogP contribution in [0.25, 0.3) is 10.9 Å². The summed E-state index contributed by atoms with van der Waals surface area (Å²) in [4.78, 5) is 17.3. The van der Waals surface area contributed by atoms with Crippen molar-refractivity contribution >= 4 is 10.9 Å². The first-order valence-corrected chi connectivity index (χ1v) is 7.77. The number of nitrogens with zero attached hydrogens (tertiary/aromatic N) is 2. The van der Waals surface area contributed by atoms with E-state index in [4.69, 9.17) is 14.2 Å². The molecule has 2 aromatic carbocycles. The Morgan fingerprint density at radius 2 is 2.00 bits per heavy atom. The molecule has 0 saturated carbocycles. The molecular formula is C18H16N2O4. The highest BCUT2D eigenvalue weighted by Gasteiger charge is 2.16. The molecule has 2 heterocycles. The quantitative estimate of drug-likeness (QED) is 0.738. The summed E-state index contributed by atoms with van der Waals surface area (Å²) in [5.74, 6) is 1.40. The lowest BCUT2D eigenvalue weighted by molar-refractivity contribution is 0.174. The zero-order valence-corrected chi connectivity index (χ0v) is 13.2. The molecule has 0 bridgehead atoms. The molecule has 0 unspecified atom stereocenters. The zero-order chi connectivity index (χ0) is 16.5. The van der Waals surface area contributed by atoms with Crippen molar-refractivity contribution in [3.8, 4) is 17.5 Å². The first-order chi connectivity index (χ1) is 11.8. The van der Waals surface area contributed by atoms with Crippen LogP contribution in [0, 0.1) is 0 Å². The summed E-state index contributed by atoms with van der Waals surface area (Å²) < 4.78 is 17.8. The molecular weight excluding hydrogens is 308 g/mol. The van der Waals surface area contributed by atoms with E-state index in [2.05, 4.69) is 4.98 Å². The monoisotopic (exact) mass is 324 g/mol. The van der Waals surface area contributed by atoms with Gasteiger partial charge in [0.2, 0.25) is 6.79 Å². The third-order valence-electron chi connectivity index (χ3n) is 3.88. The molecule has 3 aromatic rings. The molecule has 122 valence electrons. The summed E-state index contributed by atoms with van der Waals surface area (Å²) in [6.45, 7) is 2.88. The van der Waals surface area contributed by atoms with Crippen molar-refractivity contribution in [2.45, 2.75) is 13.5 Å². The molecule has 6 nitrogen and oxygen atoms in total. The predicted molar refractivity (Wildman–Crippen MR) is 88.8 cm³/mol. The number of para-hydroxylation sites is 1. The van der Waals surface area contributed by atoms with Crippen LogP contribution in [0.3, 0.4) is 0 Å². The van der Waals surface area contributed by atoms with Gasteiger partial charge in [-0.05, 0) is 36.8 Å². The fourth-order valence-electron chi connectivity index (χ4n) is 2.75. The van der Waals surface area contributed by atoms with Gasteiger partial charge in [0, 0.05) is 0 Å². The van der Waals surface area contributed by atoms with Crippen molar-refractivity contribution < 1.29 is 14.2 Å². The largest absolute Gasteiger partial charge is 0.465 e. The topological polar surface area (TPSA) is 62.6 Å². The van der Waals surface area contributed by atoms with E-state index in [9.17, 15) is 4.79 Å². The molecule has 1 aliphatic rings. The van der Waals surface area contributed by atoms with Crippen molar-refractivity contribution in [2.24, 2.45) is 0 Å². The van der Waals surface area contributed by atoms with Gasteiger partial charge < -0.3 is 14.2 Å². The molecule has 0 N–H and O–H groups in total. The third-order valence-corrected chi connectivity index (χ3v) is 3.88. The molecule has 0 aliphatic carbocycles. The standard InChI is InChI=1S/C18H16N2O4/c1-2-22-18-19-14-6-4-3-5-13(14)17(21)20(18)10-12-7-8-15-16(9-12)24-11-23-15/h3-9H,2,10-11H2,1H3. The smallest absolute Gasteiger partial charge is 0.300 e. The van der Waals surface area contributed by atoms with Crippen LogP contribution in [0.1, 0.15) is 12.5 Å². The summed E-state index contributed by atoms with van der Waals surface area (Å²) in [6, 6.07) is 13.2. The van der Waals surface area contributed by atoms with E-state index >= 15 is 0 Å². The highest BCUT2D eigenvalue weighted by atomic mass is 16.7. The predicted octanol–water partition coefficient (Wildman–Crippen LogP) is 2.57. The van der Waals surface area contributed by atoms with E-state index in [1.54, 1.807) is 10.6 Å². The van der Waals surface area contributed by atoms with Crippen LogP contribution in [0.4, 0.5) is 0 Å². The van der Waals surface area contributed by atoms with Gasteiger partial charge in [0.15, 0.2) is 11.5 Å². The average molecular weight is 324 g/mol. The van der Waals surface area contributed by atoms with Gasteiger partial charge in [0.25, 0.3) is 11.6 Å². The van der Waals surface area contributed by atoms with Crippen LogP contribution in [-0.4, -0.2) is 23.0 Å². The van der Waals surface area contributed by atoms with Crippen LogP contribution in [0.2, 0.25) is 0 Å². The first-order valence-electron chi connectivity index (χ1n) is 7.77. The van der Waals surface area contributed by atoms with Crippen LogP contribution in [-0.2, 0) is 6.54 Å². The molecule has 4 rings (SSSR count). The number of benzene rings is 2. The fraction of sp³-hybridized carbons (Fsp3) is 0.222. The molecule has 0 radical (unpaired) electrons. The van der Waals surface area contributed by atoms with Gasteiger partial charge in [-0.1, -0.05) is 18.2 Å². The SMILES string of the molecule is CCOc1nc2ccccc2c(=O)n1Cc1ccc2c(c1)OCO2. The van der Waals surface area contributed by atoms with Crippen LogP contribution >= 0.6 is 0 Å². The number of hydrogen-bond acceptors (Lipinski definition) is 5. The first kappa shape index (κ1) is 14.6. The molecule has 6 heteroatoms. The maximum atomic E-state index is 12.8. The number of fused-ring (bicyclic) bond motifs is 2. The Balaban J connectivity index is 1.81. The molecule has 1 aliphatic heterocycles. The second-order valence-electron chi connectivity index (χ2n) is 5.42. The number of rotatable bonds is 4. The Hall–Kier alpha value is -3.02. The lowest BCUT2D eigenvalue weighted by atomic mass is 10.2. The number of aromatic nitrogens is 2. The third kappa shape index (κ3) is 2.46. The van der Waals surface area contributed by atoms with E-state index in [1.165, 1.54) is 0 Å². The minimum atomic E-state index is -0.123. The minimum Gasteiger partial charge on any atom is -0.465 e. The zero-order valence-electron chi connectivity index (χ0n) is 13.2. The molecule has 0 spiro atoms. The van der Waals surface area contributed by atoms with Gasteiger partial charge in [0.1, 0.15) is 0 Å². The lowest BCUT2D eigenvalue weighted by Gasteiger charge is -2.13. The molecule has 1 aromatic heterocycles. The van der Waals surface area contributed by atoms with Crippen LogP contribution in [0.5, 0.6) is 17.5 Å². The summed E-state index contributed by atoms with van der Waals surface area (Å²) in [7, 11) is 0. The Kier molecular flexibility index (Phi) is 3.57. The highest BCUT2D eigenvalue weighted by molar-refractivity contribution is 5.77.